The van der Waals surface area contributed by atoms with Gasteiger partial charge in [0.05, 0.1) is 20.2 Å². The number of hydrogen-bond acceptors (Lipinski definition) is 3. The van der Waals surface area contributed by atoms with Crippen LogP contribution in [0, 0.1) is 0 Å². The fraction of sp³-hybridized carbons (Fsp3) is 0.571. The summed E-state index contributed by atoms with van der Waals surface area (Å²) in [5, 5.41) is 9.92. The Hall–Kier alpha value is -1.26. The second kappa shape index (κ2) is 6.61. The average molecular weight is 252 g/mol. The first-order valence-electron chi connectivity index (χ1n) is 6.56. The van der Waals surface area contributed by atoms with Gasteiger partial charge in [-0.15, -0.1) is 0 Å². The normalized spacial score (nSPS) is 17.7. The second-order valence-electron chi connectivity index (χ2n) is 4.81. The molecule has 1 heterocycles. The van der Waals surface area contributed by atoms with Crippen molar-refractivity contribution in [1.29, 1.82) is 0 Å². The average Bonchev–Trinajstić information content (AvgIpc) is 2.89. The van der Waals surface area contributed by atoms with Crippen LogP contribution >= 0.6 is 0 Å². The summed E-state index contributed by atoms with van der Waals surface area (Å²) in [5.74, 6) is 1.51. The van der Waals surface area contributed by atoms with E-state index in [2.05, 4.69) is 0 Å². The maximum Gasteiger partial charge on any atom is 0.137 e. The van der Waals surface area contributed by atoms with Gasteiger partial charge in [-0.05, 0) is 12.1 Å². The number of nitrogens with one attached hydrogen (secondary N) is 1. The molecule has 1 atom stereocenters. The summed E-state index contributed by atoms with van der Waals surface area (Å²) in [7, 11) is 1.63. The van der Waals surface area contributed by atoms with Gasteiger partial charge in [-0.3, -0.25) is 0 Å². The number of ether oxygens (including phenoxy) is 2. The molecule has 4 nitrogen and oxygen atoms in total. The summed E-state index contributed by atoms with van der Waals surface area (Å²) in [4.78, 5) is 1.48. The zero-order valence-corrected chi connectivity index (χ0v) is 10.9. The third-order valence-electron chi connectivity index (χ3n) is 3.32. The van der Waals surface area contributed by atoms with Gasteiger partial charge in [0.15, 0.2) is 0 Å². The van der Waals surface area contributed by atoms with Crippen LogP contribution < -0.4 is 14.4 Å². The predicted molar refractivity (Wildman–Crippen MR) is 69.3 cm³/mol. The molecule has 0 bridgehead atoms. The van der Waals surface area contributed by atoms with Gasteiger partial charge in [-0.25, -0.2) is 0 Å². The van der Waals surface area contributed by atoms with E-state index >= 15 is 0 Å². The maximum atomic E-state index is 9.92. The SMILES string of the molecule is COc1cccc(OC[C@@H](O)C[NH+]2CCCC2)c1. The first-order chi connectivity index (χ1) is 8.78. The largest absolute Gasteiger partial charge is 0.497 e. The molecule has 1 aromatic carbocycles. The summed E-state index contributed by atoms with van der Waals surface area (Å²) < 4.78 is 10.7. The highest BCUT2D eigenvalue weighted by molar-refractivity contribution is 5.32. The molecule has 1 saturated heterocycles. The number of methoxy groups -OCH3 is 1. The first kappa shape index (κ1) is 13.2. The molecule has 0 saturated carbocycles. The Morgan fingerprint density at radius 2 is 2.00 bits per heavy atom. The van der Waals surface area contributed by atoms with Crippen LogP contribution in [-0.4, -0.2) is 44.6 Å². The molecular formula is C14H22NO3+. The van der Waals surface area contributed by atoms with Gasteiger partial charge in [0.1, 0.15) is 30.8 Å². The van der Waals surface area contributed by atoms with Crippen molar-refractivity contribution in [3.63, 3.8) is 0 Å². The molecule has 0 aliphatic carbocycles. The standard InChI is InChI=1S/C14H21NO3/c1-17-13-5-4-6-14(9-13)18-11-12(16)10-15-7-2-3-8-15/h4-6,9,12,16H,2-3,7-8,10-11H2,1H3/p+1/t12-/m0/s1. The molecule has 0 radical (unpaired) electrons. The molecule has 1 aliphatic heterocycles. The Labute approximate surface area is 108 Å². The fourth-order valence-electron chi connectivity index (χ4n) is 2.35. The minimum atomic E-state index is -0.399. The van der Waals surface area contributed by atoms with E-state index in [1.54, 1.807) is 7.11 Å². The summed E-state index contributed by atoms with van der Waals surface area (Å²) in [6.45, 7) is 3.48. The Morgan fingerprint density at radius 1 is 1.28 bits per heavy atom. The van der Waals surface area contributed by atoms with Crippen molar-refractivity contribution >= 4 is 0 Å². The third kappa shape index (κ3) is 3.89. The number of aliphatic hydroxyl groups excluding tert-OH is 1. The van der Waals surface area contributed by atoms with Crippen LogP contribution in [0.5, 0.6) is 11.5 Å². The van der Waals surface area contributed by atoms with E-state index in [1.807, 2.05) is 24.3 Å². The monoisotopic (exact) mass is 252 g/mol. The molecule has 1 aliphatic rings. The lowest BCUT2D eigenvalue weighted by molar-refractivity contribution is -0.890. The van der Waals surface area contributed by atoms with E-state index in [9.17, 15) is 5.11 Å². The third-order valence-corrected chi connectivity index (χ3v) is 3.32. The van der Waals surface area contributed by atoms with E-state index in [-0.39, 0.29) is 0 Å². The van der Waals surface area contributed by atoms with Crippen LogP contribution in [0.3, 0.4) is 0 Å². The maximum absolute atomic E-state index is 9.92. The van der Waals surface area contributed by atoms with Gasteiger partial charge in [0.25, 0.3) is 0 Å². The van der Waals surface area contributed by atoms with Gasteiger partial charge >= 0.3 is 0 Å². The molecule has 1 fully saturated rings. The highest BCUT2D eigenvalue weighted by Crippen LogP contribution is 2.18. The van der Waals surface area contributed by atoms with Crippen molar-refractivity contribution in [2.45, 2.75) is 18.9 Å². The number of rotatable bonds is 6. The van der Waals surface area contributed by atoms with Crippen molar-refractivity contribution in [3.8, 4) is 11.5 Å². The smallest absolute Gasteiger partial charge is 0.137 e. The van der Waals surface area contributed by atoms with Crippen LogP contribution in [0.1, 0.15) is 12.8 Å². The van der Waals surface area contributed by atoms with Gasteiger partial charge < -0.3 is 19.5 Å². The number of quaternary nitrogens is 1. The minimum absolute atomic E-state index is 0.344. The van der Waals surface area contributed by atoms with Crippen molar-refractivity contribution < 1.29 is 19.5 Å². The molecule has 0 spiro atoms. The van der Waals surface area contributed by atoms with Gasteiger partial charge in [-0.1, -0.05) is 6.07 Å². The number of likely N-dealkylation sites (tertiary alicyclic amines) is 1. The van der Waals surface area contributed by atoms with Gasteiger partial charge in [0.2, 0.25) is 0 Å². The number of hydrogen-bond donors (Lipinski definition) is 2. The van der Waals surface area contributed by atoms with Crippen molar-refractivity contribution in [1.82, 2.24) is 0 Å². The zero-order valence-electron chi connectivity index (χ0n) is 10.9. The Morgan fingerprint density at radius 3 is 2.72 bits per heavy atom. The van der Waals surface area contributed by atoms with Crippen LogP contribution in [0.2, 0.25) is 0 Å². The summed E-state index contributed by atoms with van der Waals surface area (Å²) in [6, 6.07) is 7.46. The Bertz CT molecular complexity index is 364. The van der Waals surface area contributed by atoms with E-state index in [0.717, 1.165) is 18.0 Å². The summed E-state index contributed by atoms with van der Waals surface area (Å²) in [5.41, 5.74) is 0. The highest BCUT2D eigenvalue weighted by atomic mass is 16.5. The topological polar surface area (TPSA) is 43.1 Å². The van der Waals surface area contributed by atoms with E-state index in [0.29, 0.717) is 6.61 Å². The number of aliphatic hydroxyl groups is 1. The van der Waals surface area contributed by atoms with Crippen molar-refractivity contribution in [3.05, 3.63) is 24.3 Å². The second-order valence-corrected chi connectivity index (χ2v) is 4.81. The molecule has 2 N–H and O–H groups in total. The molecule has 2 rings (SSSR count). The van der Waals surface area contributed by atoms with E-state index in [1.165, 1.54) is 30.8 Å². The van der Waals surface area contributed by atoms with Crippen molar-refractivity contribution in [2.24, 2.45) is 0 Å². The van der Waals surface area contributed by atoms with Crippen LogP contribution in [0.4, 0.5) is 0 Å². The van der Waals surface area contributed by atoms with E-state index in [4.69, 9.17) is 9.47 Å². The highest BCUT2D eigenvalue weighted by Gasteiger charge is 2.19. The predicted octanol–water partition coefficient (Wildman–Crippen LogP) is 0.114. The van der Waals surface area contributed by atoms with Crippen LogP contribution in [0.25, 0.3) is 0 Å². The summed E-state index contributed by atoms with van der Waals surface area (Å²) >= 11 is 0. The Balaban J connectivity index is 1.75. The van der Waals surface area contributed by atoms with Gasteiger partial charge in [0, 0.05) is 18.9 Å². The first-order valence-corrected chi connectivity index (χ1v) is 6.56. The minimum Gasteiger partial charge on any atom is -0.497 e. The Kier molecular flexibility index (Phi) is 4.84. The molecule has 0 amide bonds. The van der Waals surface area contributed by atoms with Crippen molar-refractivity contribution in [2.75, 3.05) is 33.4 Å². The lowest BCUT2D eigenvalue weighted by Crippen LogP contribution is -3.11. The van der Waals surface area contributed by atoms with Gasteiger partial charge in [-0.2, -0.15) is 0 Å². The molecule has 0 aromatic heterocycles. The zero-order chi connectivity index (χ0) is 12.8. The molecular weight excluding hydrogens is 230 g/mol. The lowest BCUT2D eigenvalue weighted by Gasteiger charge is -2.17. The molecule has 1 aromatic rings. The number of benzene rings is 1. The molecule has 18 heavy (non-hydrogen) atoms. The van der Waals surface area contributed by atoms with E-state index < -0.39 is 6.10 Å². The lowest BCUT2D eigenvalue weighted by atomic mass is 10.3. The molecule has 4 heteroatoms. The van der Waals surface area contributed by atoms with Crippen LogP contribution in [0.15, 0.2) is 24.3 Å². The molecule has 100 valence electrons. The quantitative estimate of drug-likeness (QED) is 0.755. The molecule has 0 unspecified atom stereocenters. The summed E-state index contributed by atoms with van der Waals surface area (Å²) in [6.07, 6.45) is 2.15. The fourth-order valence-corrected chi connectivity index (χ4v) is 2.35. The van der Waals surface area contributed by atoms with Crippen LogP contribution in [-0.2, 0) is 0 Å².